The van der Waals surface area contributed by atoms with Gasteiger partial charge >= 0.3 is 0 Å². The highest BCUT2D eigenvalue weighted by atomic mass is 32.2. The van der Waals surface area contributed by atoms with E-state index in [1.807, 2.05) is 23.9 Å². The second kappa shape index (κ2) is 8.49. The van der Waals surface area contributed by atoms with Gasteiger partial charge in [0.15, 0.2) is 0 Å². The Morgan fingerprint density at radius 3 is 2.63 bits per heavy atom. The summed E-state index contributed by atoms with van der Waals surface area (Å²) < 4.78 is 5.31. The monoisotopic (exact) mass is 281 g/mol. The molecule has 1 rings (SSSR count). The summed E-state index contributed by atoms with van der Waals surface area (Å²) in [4.78, 5) is 0. The molecule has 108 valence electrons. The van der Waals surface area contributed by atoms with Crippen molar-refractivity contribution in [1.29, 1.82) is 0 Å². The smallest absolute Gasteiger partial charge is 0.119 e. The summed E-state index contributed by atoms with van der Waals surface area (Å²) in [5.41, 5.74) is 7.58. The van der Waals surface area contributed by atoms with Crippen LogP contribution in [0.4, 0.5) is 0 Å². The molecule has 2 unspecified atom stereocenters. The predicted molar refractivity (Wildman–Crippen MR) is 85.9 cm³/mol. The second-order valence-electron chi connectivity index (χ2n) is 5.32. The van der Waals surface area contributed by atoms with Crippen molar-refractivity contribution < 1.29 is 4.74 Å². The second-order valence-corrected chi connectivity index (χ2v) is 6.57. The summed E-state index contributed by atoms with van der Waals surface area (Å²) >= 11 is 1.97. The first-order valence-corrected chi connectivity index (χ1v) is 8.14. The Balaban J connectivity index is 2.77. The van der Waals surface area contributed by atoms with Gasteiger partial charge in [0, 0.05) is 11.3 Å². The Bertz CT molecular complexity index is 368. The minimum absolute atomic E-state index is 0.198. The fourth-order valence-corrected chi connectivity index (χ4v) is 3.57. The van der Waals surface area contributed by atoms with E-state index >= 15 is 0 Å². The third-order valence-electron chi connectivity index (χ3n) is 3.28. The lowest BCUT2D eigenvalue weighted by Crippen LogP contribution is -2.26. The minimum atomic E-state index is 0.198. The van der Waals surface area contributed by atoms with Gasteiger partial charge in [0.05, 0.1) is 7.11 Å². The van der Waals surface area contributed by atoms with E-state index in [0.29, 0.717) is 5.25 Å². The number of nitrogens with two attached hydrogens (primary N) is 1. The zero-order valence-electron chi connectivity index (χ0n) is 12.6. The van der Waals surface area contributed by atoms with Gasteiger partial charge < -0.3 is 10.5 Å². The molecule has 0 aliphatic carbocycles. The fourth-order valence-electron chi connectivity index (χ4n) is 1.93. The van der Waals surface area contributed by atoms with Crippen molar-refractivity contribution in [2.75, 3.05) is 12.9 Å². The largest absolute Gasteiger partial charge is 0.497 e. The number of hydrogen-bond acceptors (Lipinski definition) is 3. The molecule has 1 aromatic rings. The van der Waals surface area contributed by atoms with E-state index in [9.17, 15) is 0 Å². The maximum Gasteiger partial charge on any atom is 0.119 e. The van der Waals surface area contributed by atoms with Gasteiger partial charge in [0.25, 0.3) is 0 Å². The zero-order valence-corrected chi connectivity index (χ0v) is 13.4. The molecule has 0 amide bonds. The highest BCUT2D eigenvalue weighted by Crippen LogP contribution is 2.35. The highest BCUT2D eigenvalue weighted by Gasteiger charge is 2.19. The Kier molecular flexibility index (Phi) is 7.32. The molecule has 2 N–H and O–H groups in total. The lowest BCUT2D eigenvalue weighted by atomic mass is 10.0. The summed E-state index contributed by atoms with van der Waals surface area (Å²) in [5, 5.41) is 0.360. The van der Waals surface area contributed by atoms with Crippen molar-refractivity contribution >= 4 is 11.8 Å². The van der Waals surface area contributed by atoms with Crippen molar-refractivity contribution in [3.8, 4) is 5.75 Å². The molecule has 3 heteroatoms. The van der Waals surface area contributed by atoms with Crippen LogP contribution in [0.25, 0.3) is 0 Å². The number of ether oxygens (including phenoxy) is 1. The lowest BCUT2D eigenvalue weighted by Gasteiger charge is -2.23. The Morgan fingerprint density at radius 2 is 2.05 bits per heavy atom. The van der Waals surface area contributed by atoms with Gasteiger partial charge in [-0.15, -0.1) is 0 Å². The van der Waals surface area contributed by atoms with Crippen LogP contribution in [0.3, 0.4) is 0 Å². The van der Waals surface area contributed by atoms with Crippen LogP contribution >= 0.6 is 11.8 Å². The van der Waals surface area contributed by atoms with Gasteiger partial charge in [-0.2, -0.15) is 11.8 Å². The van der Waals surface area contributed by atoms with Gasteiger partial charge in [-0.1, -0.05) is 32.9 Å². The standard InChI is InChI=1S/C16H27NOS/c1-5-15(17)16(19-10-9-12(2)3)13-7-6-8-14(11-13)18-4/h6-8,11-12,15-16H,5,9-10,17H2,1-4H3. The summed E-state index contributed by atoms with van der Waals surface area (Å²) in [6, 6.07) is 8.50. The van der Waals surface area contributed by atoms with Crippen molar-refractivity contribution in [2.24, 2.45) is 11.7 Å². The van der Waals surface area contributed by atoms with E-state index in [0.717, 1.165) is 23.8 Å². The third-order valence-corrected chi connectivity index (χ3v) is 4.73. The molecule has 0 bridgehead atoms. The SMILES string of the molecule is CCC(N)C(SCCC(C)C)c1cccc(OC)c1. The molecule has 0 saturated carbocycles. The number of methoxy groups -OCH3 is 1. The first-order valence-electron chi connectivity index (χ1n) is 7.09. The van der Waals surface area contributed by atoms with E-state index in [1.165, 1.54) is 12.0 Å². The maximum absolute atomic E-state index is 6.30. The molecule has 0 radical (unpaired) electrons. The van der Waals surface area contributed by atoms with Crippen LogP contribution in [0.2, 0.25) is 0 Å². The highest BCUT2D eigenvalue weighted by molar-refractivity contribution is 7.99. The summed E-state index contributed by atoms with van der Waals surface area (Å²) in [6.07, 6.45) is 2.23. The van der Waals surface area contributed by atoms with Crippen molar-refractivity contribution in [2.45, 2.75) is 44.9 Å². The molecule has 0 aliphatic heterocycles. The molecular formula is C16H27NOS. The molecule has 0 aliphatic rings. The Morgan fingerprint density at radius 1 is 1.32 bits per heavy atom. The van der Waals surface area contributed by atoms with Gasteiger partial charge in [0.1, 0.15) is 5.75 Å². The van der Waals surface area contributed by atoms with Gasteiger partial charge in [0.2, 0.25) is 0 Å². The van der Waals surface area contributed by atoms with Crippen LogP contribution in [0.5, 0.6) is 5.75 Å². The van der Waals surface area contributed by atoms with Crippen molar-refractivity contribution in [1.82, 2.24) is 0 Å². The van der Waals surface area contributed by atoms with E-state index in [-0.39, 0.29) is 6.04 Å². The average Bonchev–Trinajstić information content (AvgIpc) is 2.42. The Hall–Kier alpha value is -0.670. The molecule has 1 aromatic carbocycles. The summed E-state index contributed by atoms with van der Waals surface area (Å²) in [7, 11) is 1.71. The molecule has 2 atom stereocenters. The van der Waals surface area contributed by atoms with Crippen molar-refractivity contribution in [3.05, 3.63) is 29.8 Å². The normalized spacial score (nSPS) is 14.4. The quantitative estimate of drug-likeness (QED) is 0.773. The minimum Gasteiger partial charge on any atom is -0.497 e. The van der Waals surface area contributed by atoms with Crippen LogP contribution < -0.4 is 10.5 Å². The first kappa shape index (κ1) is 16.4. The summed E-state index contributed by atoms with van der Waals surface area (Å²) in [6.45, 7) is 6.68. The molecular weight excluding hydrogens is 254 g/mol. The van der Waals surface area contributed by atoms with Crippen LogP contribution in [-0.4, -0.2) is 18.9 Å². The molecule has 0 spiro atoms. The van der Waals surface area contributed by atoms with Gasteiger partial charge in [-0.3, -0.25) is 0 Å². The number of benzene rings is 1. The lowest BCUT2D eigenvalue weighted by molar-refractivity contribution is 0.414. The molecule has 19 heavy (non-hydrogen) atoms. The Labute approximate surface area is 122 Å². The van der Waals surface area contributed by atoms with Gasteiger partial charge in [-0.05, 0) is 42.2 Å². The molecule has 2 nitrogen and oxygen atoms in total. The topological polar surface area (TPSA) is 35.2 Å². The average molecular weight is 281 g/mol. The third kappa shape index (κ3) is 5.45. The van der Waals surface area contributed by atoms with E-state index in [1.54, 1.807) is 7.11 Å². The molecule has 0 fully saturated rings. The first-order chi connectivity index (χ1) is 9.08. The predicted octanol–water partition coefficient (Wildman–Crippen LogP) is 4.25. The van der Waals surface area contributed by atoms with Crippen LogP contribution in [-0.2, 0) is 0 Å². The number of thioether (sulfide) groups is 1. The summed E-state index contributed by atoms with van der Waals surface area (Å²) in [5.74, 6) is 2.82. The zero-order chi connectivity index (χ0) is 14.3. The molecule has 0 saturated heterocycles. The molecule has 0 aromatic heterocycles. The van der Waals surface area contributed by atoms with Crippen LogP contribution in [0, 0.1) is 5.92 Å². The number of hydrogen-bond donors (Lipinski definition) is 1. The van der Waals surface area contributed by atoms with Crippen LogP contribution in [0.15, 0.2) is 24.3 Å². The van der Waals surface area contributed by atoms with Crippen LogP contribution in [0.1, 0.15) is 44.4 Å². The fraction of sp³-hybridized carbons (Fsp3) is 0.625. The molecule has 0 heterocycles. The van der Waals surface area contributed by atoms with E-state index in [4.69, 9.17) is 10.5 Å². The number of rotatable bonds is 8. The van der Waals surface area contributed by atoms with Gasteiger partial charge in [-0.25, -0.2) is 0 Å². The van der Waals surface area contributed by atoms with E-state index in [2.05, 4.69) is 32.9 Å². The maximum atomic E-state index is 6.30. The van der Waals surface area contributed by atoms with E-state index < -0.39 is 0 Å². The van der Waals surface area contributed by atoms with Crippen molar-refractivity contribution in [3.63, 3.8) is 0 Å².